The molecule has 0 amide bonds. The van der Waals surface area contributed by atoms with E-state index in [1.807, 2.05) is 0 Å². The van der Waals surface area contributed by atoms with Crippen molar-refractivity contribution in [2.75, 3.05) is 0 Å². The zero-order chi connectivity index (χ0) is 22.6. The quantitative estimate of drug-likeness (QED) is 0.467. The largest absolute Gasteiger partial charge is 0.481 e. The Kier molecular flexibility index (Phi) is 6.53. The summed E-state index contributed by atoms with van der Waals surface area (Å²) in [4.78, 5) is 10.8. The van der Waals surface area contributed by atoms with E-state index in [-0.39, 0.29) is 35.2 Å². The highest BCUT2D eigenvalue weighted by atomic mass is 16.4. The van der Waals surface area contributed by atoms with E-state index >= 15 is 0 Å². The fourth-order valence-electron chi connectivity index (χ4n) is 9.16. The van der Waals surface area contributed by atoms with Crippen molar-refractivity contribution in [3.63, 3.8) is 0 Å². The van der Waals surface area contributed by atoms with E-state index in [1.54, 1.807) is 0 Å². The summed E-state index contributed by atoms with van der Waals surface area (Å²) in [6, 6.07) is 0. The van der Waals surface area contributed by atoms with Crippen molar-refractivity contribution in [1.82, 2.24) is 0 Å². The van der Waals surface area contributed by atoms with E-state index < -0.39 is 18.2 Å². The zero-order valence-corrected chi connectivity index (χ0v) is 19.7. The summed E-state index contributed by atoms with van der Waals surface area (Å²) >= 11 is 0. The van der Waals surface area contributed by atoms with Crippen LogP contribution in [-0.2, 0) is 4.79 Å². The summed E-state index contributed by atoms with van der Waals surface area (Å²) in [6.07, 6.45) is 8.35. The molecule has 11 atom stereocenters. The Morgan fingerprint density at radius 1 is 0.903 bits per heavy atom. The van der Waals surface area contributed by atoms with Crippen LogP contribution in [0, 0.1) is 46.3 Å². The van der Waals surface area contributed by atoms with Gasteiger partial charge in [-0.05, 0) is 97.7 Å². The van der Waals surface area contributed by atoms with Gasteiger partial charge in [-0.2, -0.15) is 0 Å². The Labute approximate surface area is 187 Å². The molecule has 0 spiro atoms. The molecule has 178 valence electrons. The van der Waals surface area contributed by atoms with Crippen LogP contribution in [0.1, 0.15) is 91.4 Å². The van der Waals surface area contributed by atoms with Gasteiger partial charge in [-0.1, -0.05) is 33.6 Å². The number of aliphatic hydroxyl groups excluding tert-OH is 3. The number of fused-ring (bicyclic) bond motifs is 5. The monoisotopic (exact) mass is 436 g/mol. The van der Waals surface area contributed by atoms with Gasteiger partial charge in [-0.3, -0.25) is 4.79 Å². The molecule has 0 aromatic heterocycles. The zero-order valence-electron chi connectivity index (χ0n) is 19.7. The van der Waals surface area contributed by atoms with Crippen LogP contribution in [-0.4, -0.2) is 44.7 Å². The van der Waals surface area contributed by atoms with Gasteiger partial charge < -0.3 is 20.4 Å². The van der Waals surface area contributed by atoms with Crippen molar-refractivity contribution < 1.29 is 25.2 Å². The Morgan fingerprint density at radius 3 is 2.29 bits per heavy atom. The summed E-state index contributed by atoms with van der Waals surface area (Å²) in [7, 11) is 0. The predicted octanol–water partition coefficient (Wildman–Crippen LogP) is 4.23. The molecule has 0 unspecified atom stereocenters. The second kappa shape index (κ2) is 8.61. The van der Waals surface area contributed by atoms with Gasteiger partial charge in [0.25, 0.3) is 0 Å². The van der Waals surface area contributed by atoms with Gasteiger partial charge in [0.1, 0.15) is 0 Å². The number of hydrogen-bond acceptors (Lipinski definition) is 4. The first-order chi connectivity index (χ1) is 14.6. The Bertz CT molecular complexity index is 666. The van der Waals surface area contributed by atoms with E-state index in [1.165, 1.54) is 12.8 Å². The minimum Gasteiger partial charge on any atom is -0.481 e. The molecule has 0 heterocycles. The van der Waals surface area contributed by atoms with Crippen molar-refractivity contribution in [3.8, 4) is 0 Å². The second-order valence-corrected chi connectivity index (χ2v) is 12.2. The molecule has 4 fully saturated rings. The molecule has 4 rings (SSSR count). The van der Waals surface area contributed by atoms with Crippen LogP contribution in [0.15, 0.2) is 0 Å². The maximum Gasteiger partial charge on any atom is 0.303 e. The van der Waals surface area contributed by atoms with E-state index in [0.717, 1.165) is 44.9 Å². The third-order valence-electron chi connectivity index (χ3n) is 10.8. The number of carboxylic acids is 1. The molecule has 4 saturated carbocycles. The number of unbranched alkanes of at least 4 members (excludes halogenated alkanes) is 1. The lowest BCUT2D eigenvalue weighted by Crippen LogP contribution is -2.64. The van der Waals surface area contributed by atoms with Crippen LogP contribution < -0.4 is 0 Å². The average Bonchev–Trinajstić information content (AvgIpc) is 3.07. The molecule has 5 nitrogen and oxygen atoms in total. The fourth-order valence-corrected chi connectivity index (χ4v) is 9.16. The summed E-state index contributed by atoms with van der Waals surface area (Å²) in [5, 5.41) is 41.6. The topological polar surface area (TPSA) is 98.0 Å². The lowest BCUT2D eigenvalue weighted by molar-refractivity contribution is -0.223. The Hall–Kier alpha value is -0.650. The molecule has 4 N–H and O–H groups in total. The first-order valence-corrected chi connectivity index (χ1v) is 12.9. The van der Waals surface area contributed by atoms with Gasteiger partial charge in [0, 0.05) is 6.42 Å². The maximum absolute atomic E-state index is 11.3. The number of carboxylic acid groups (broad SMARTS) is 1. The third kappa shape index (κ3) is 3.87. The molecule has 0 saturated heterocycles. The molecule has 5 heteroatoms. The highest BCUT2D eigenvalue weighted by Crippen LogP contribution is 2.68. The molecule has 4 aliphatic carbocycles. The van der Waals surface area contributed by atoms with Gasteiger partial charge in [-0.15, -0.1) is 0 Å². The second-order valence-electron chi connectivity index (χ2n) is 12.2. The number of aliphatic hydroxyl groups is 3. The maximum atomic E-state index is 11.3. The minimum absolute atomic E-state index is 0.00205. The standard InChI is InChI=1S/C26H44O5/c1-15(6-4-5-7-21(28)29)17-8-9-18-22-19(11-13-25(17,18)2)26(3)12-10-16(27)14-20(26)23(30)24(22)31/h15-20,22-24,27,30-31H,4-14H2,1-3H3,(H,28,29)/t15-,16-,17-,18+,19+,20+,22+,23+,24-,25-,26-/m1/s1. The van der Waals surface area contributed by atoms with Crippen LogP contribution >= 0.6 is 0 Å². The molecule has 0 radical (unpaired) electrons. The van der Waals surface area contributed by atoms with Crippen LogP contribution in [0.3, 0.4) is 0 Å². The van der Waals surface area contributed by atoms with E-state index in [2.05, 4.69) is 20.8 Å². The smallest absolute Gasteiger partial charge is 0.303 e. The van der Waals surface area contributed by atoms with E-state index in [4.69, 9.17) is 5.11 Å². The van der Waals surface area contributed by atoms with Crippen LogP contribution in [0.4, 0.5) is 0 Å². The summed E-state index contributed by atoms with van der Waals surface area (Å²) in [5.41, 5.74) is 0.218. The third-order valence-corrected chi connectivity index (χ3v) is 10.8. The van der Waals surface area contributed by atoms with Gasteiger partial charge in [0.15, 0.2) is 0 Å². The Balaban J connectivity index is 1.50. The molecule has 4 aliphatic rings. The fraction of sp³-hybridized carbons (Fsp3) is 0.962. The number of carbonyl (C=O) groups is 1. The van der Waals surface area contributed by atoms with Crippen molar-refractivity contribution in [2.45, 2.75) is 110 Å². The van der Waals surface area contributed by atoms with Crippen molar-refractivity contribution in [2.24, 2.45) is 46.3 Å². The lowest BCUT2D eigenvalue weighted by atomic mass is 9.43. The molecular weight excluding hydrogens is 392 g/mol. The summed E-state index contributed by atoms with van der Waals surface area (Å²) in [6.45, 7) is 7.12. The van der Waals surface area contributed by atoms with Gasteiger partial charge in [0.2, 0.25) is 0 Å². The molecule has 31 heavy (non-hydrogen) atoms. The molecule has 0 aromatic carbocycles. The predicted molar refractivity (Wildman–Crippen MR) is 119 cm³/mol. The highest BCUT2D eigenvalue weighted by molar-refractivity contribution is 5.66. The molecule has 0 aliphatic heterocycles. The SMILES string of the molecule is C[C@H](CCCCC(=O)O)[C@H]1CC[C@H]2[C@@H]3[C@@H](O)[C@@H](O)[C@@H]4C[C@H](O)CC[C@]4(C)[C@H]3CC[C@]12C. The van der Waals surface area contributed by atoms with E-state index in [0.29, 0.717) is 30.1 Å². The normalized spacial score (nSPS) is 50.3. The molecular formula is C26H44O5. The van der Waals surface area contributed by atoms with Gasteiger partial charge >= 0.3 is 5.97 Å². The van der Waals surface area contributed by atoms with Gasteiger partial charge in [0.05, 0.1) is 18.3 Å². The number of rotatable bonds is 6. The Morgan fingerprint density at radius 2 is 1.58 bits per heavy atom. The lowest BCUT2D eigenvalue weighted by Gasteiger charge is -2.63. The summed E-state index contributed by atoms with van der Waals surface area (Å²) in [5.74, 6) is 1.53. The van der Waals surface area contributed by atoms with Crippen molar-refractivity contribution in [3.05, 3.63) is 0 Å². The first-order valence-electron chi connectivity index (χ1n) is 12.9. The minimum atomic E-state index is -0.726. The van der Waals surface area contributed by atoms with Gasteiger partial charge in [-0.25, -0.2) is 0 Å². The van der Waals surface area contributed by atoms with Crippen molar-refractivity contribution >= 4 is 5.97 Å². The van der Waals surface area contributed by atoms with Crippen LogP contribution in [0.25, 0.3) is 0 Å². The number of hydrogen-bond donors (Lipinski definition) is 4. The highest BCUT2D eigenvalue weighted by Gasteiger charge is 2.65. The molecule has 0 bridgehead atoms. The first kappa shape index (κ1) is 23.5. The molecule has 0 aromatic rings. The van der Waals surface area contributed by atoms with E-state index in [9.17, 15) is 20.1 Å². The van der Waals surface area contributed by atoms with Crippen LogP contribution in [0.5, 0.6) is 0 Å². The van der Waals surface area contributed by atoms with Crippen LogP contribution in [0.2, 0.25) is 0 Å². The number of aliphatic carboxylic acids is 1. The van der Waals surface area contributed by atoms with Crippen molar-refractivity contribution in [1.29, 1.82) is 0 Å². The summed E-state index contributed by atoms with van der Waals surface area (Å²) < 4.78 is 0. The average molecular weight is 437 g/mol.